The highest BCUT2D eigenvalue weighted by Gasteiger charge is 2.23. The maximum Gasteiger partial charge on any atom is 0.163 e. The van der Waals surface area contributed by atoms with Crippen LogP contribution in [0.4, 0.5) is 33.1 Å². The highest BCUT2D eigenvalue weighted by Crippen LogP contribution is 2.35. The molecule has 0 atom stereocenters. The molecule has 3 heterocycles. The zero-order valence-electron chi connectivity index (χ0n) is 16.9. The summed E-state index contributed by atoms with van der Waals surface area (Å²) in [4.78, 5) is 12.9. The number of nitrogens with zero attached hydrogens (tertiary/aromatic N) is 4. The van der Waals surface area contributed by atoms with Crippen molar-refractivity contribution in [2.24, 2.45) is 0 Å². The lowest BCUT2D eigenvalue weighted by atomic mass is 10.2. The van der Waals surface area contributed by atoms with Crippen molar-refractivity contribution in [3.05, 3.63) is 54.6 Å². The smallest absolute Gasteiger partial charge is 0.163 e. The van der Waals surface area contributed by atoms with Crippen molar-refractivity contribution in [1.82, 2.24) is 9.97 Å². The molecule has 0 saturated carbocycles. The van der Waals surface area contributed by atoms with Gasteiger partial charge in [0.2, 0.25) is 0 Å². The molecule has 0 radical (unpaired) electrons. The number of halogens is 1. The Morgan fingerprint density at radius 2 is 1.65 bits per heavy atom. The molecular formula is C22H23FN6O2. The molecule has 0 unspecified atom stereocenters. The van der Waals surface area contributed by atoms with Gasteiger partial charge in [-0.15, -0.1) is 0 Å². The van der Waals surface area contributed by atoms with Crippen LogP contribution >= 0.6 is 0 Å². The lowest BCUT2D eigenvalue weighted by molar-refractivity contribution is 0.171. The molecule has 2 aliphatic rings. The number of rotatable bonds is 4. The van der Waals surface area contributed by atoms with E-state index >= 15 is 0 Å². The van der Waals surface area contributed by atoms with Crippen LogP contribution < -0.4 is 30.3 Å². The van der Waals surface area contributed by atoms with Gasteiger partial charge in [-0.25, -0.2) is 14.4 Å². The fourth-order valence-corrected chi connectivity index (χ4v) is 3.86. The molecule has 9 heteroatoms. The standard InChI is InChI=1S/C22H23FN6O2/c23-16-3-1-2-4-17(16)28-7-9-29(10-8-28)22-20(24)21(25-14-26-22)27-15-5-6-18-19(13-15)31-12-11-30-18/h1-6,13-14H,7-12,24H2,(H,25,26,27). The molecule has 0 spiro atoms. The summed E-state index contributed by atoms with van der Waals surface area (Å²) in [6.45, 7) is 3.78. The van der Waals surface area contributed by atoms with Crippen LogP contribution in [0.25, 0.3) is 0 Å². The molecule has 31 heavy (non-hydrogen) atoms. The number of hydrogen-bond acceptors (Lipinski definition) is 8. The molecular weight excluding hydrogens is 399 g/mol. The Bertz CT molecular complexity index is 1090. The second-order valence-corrected chi connectivity index (χ2v) is 7.37. The number of nitrogen functional groups attached to an aromatic ring is 1. The Morgan fingerprint density at radius 1 is 0.903 bits per heavy atom. The summed E-state index contributed by atoms with van der Waals surface area (Å²) in [6.07, 6.45) is 1.50. The van der Waals surface area contributed by atoms with Gasteiger partial charge in [0.15, 0.2) is 23.1 Å². The highest BCUT2D eigenvalue weighted by atomic mass is 19.1. The van der Waals surface area contributed by atoms with Crippen molar-refractivity contribution >= 4 is 28.7 Å². The summed E-state index contributed by atoms with van der Waals surface area (Å²) < 4.78 is 25.3. The number of fused-ring (bicyclic) bond motifs is 1. The van der Waals surface area contributed by atoms with Crippen molar-refractivity contribution in [3.8, 4) is 11.5 Å². The maximum absolute atomic E-state index is 14.1. The second kappa shape index (κ2) is 8.17. The molecule has 8 nitrogen and oxygen atoms in total. The molecule has 2 aliphatic heterocycles. The van der Waals surface area contributed by atoms with E-state index in [0.29, 0.717) is 68.2 Å². The van der Waals surface area contributed by atoms with Crippen LogP contribution in [0.5, 0.6) is 11.5 Å². The Kier molecular flexibility index (Phi) is 5.07. The van der Waals surface area contributed by atoms with Crippen molar-refractivity contribution < 1.29 is 13.9 Å². The van der Waals surface area contributed by atoms with Gasteiger partial charge in [-0.3, -0.25) is 0 Å². The molecule has 0 aliphatic carbocycles. The summed E-state index contributed by atoms with van der Waals surface area (Å²) in [5, 5.41) is 3.25. The summed E-state index contributed by atoms with van der Waals surface area (Å²) in [7, 11) is 0. The van der Waals surface area contributed by atoms with Crippen molar-refractivity contribution in [2.75, 3.05) is 60.2 Å². The van der Waals surface area contributed by atoms with E-state index in [1.54, 1.807) is 12.1 Å². The predicted molar refractivity (Wildman–Crippen MR) is 118 cm³/mol. The quantitative estimate of drug-likeness (QED) is 0.663. The normalized spacial score (nSPS) is 15.6. The first-order valence-corrected chi connectivity index (χ1v) is 10.2. The Labute approximate surface area is 179 Å². The number of benzene rings is 2. The van der Waals surface area contributed by atoms with E-state index in [0.717, 1.165) is 11.4 Å². The summed E-state index contributed by atoms with van der Waals surface area (Å²) in [6, 6.07) is 12.5. The third kappa shape index (κ3) is 3.86. The number of ether oxygens (including phenoxy) is 2. The Morgan fingerprint density at radius 3 is 2.45 bits per heavy atom. The molecule has 1 aromatic heterocycles. The fraction of sp³-hybridized carbons (Fsp3) is 0.273. The lowest BCUT2D eigenvalue weighted by Gasteiger charge is -2.37. The van der Waals surface area contributed by atoms with Gasteiger partial charge in [-0.2, -0.15) is 0 Å². The van der Waals surface area contributed by atoms with E-state index in [4.69, 9.17) is 15.2 Å². The fourth-order valence-electron chi connectivity index (χ4n) is 3.86. The van der Waals surface area contributed by atoms with Crippen molar-refractivity contribution in [2.45, 2.75) is 0 Å². The molecule has 0 amide bonds. The van der Waals surface area contributed by atoms with Crippen LogP contribution in [0.1, 0.15) is 0 Å². The molecule has 3 aromatic rings. The third-order valence-corrected chi connectivity index (χ3v) is 5.44. The Hall–Kier alpha value is -3.75. The molecule has 160 valence electrons. The summed E-state index contributed by atoms with van der Waals surface area (Å²) in [5.41, 5.74) is 8.30. The maximum atomic E-state index is 14.1. The number of hydrogen-bond donors (Lipinski definition) is 2. The first-order chi connectivity index (χ1) is 15.2. The number of para-hydroxylation sites is 1. The molecule has 1 fully saturated rings. The zero-order chi connectivity index (χ0) is 21.2. The largest absolute Gasteiger partial charge is 0.486 e. The number of piperazine rings is 1. The van der Waals surface area contributed by atoms with Gasteiger partial charge in [0.05, 0.1) is 5.69 Å². The van der Waals surface area contributed by atoms with Gasteiger partial charge in [0, 0.05) is 37.9 Å². The monoisotopic (exact) mass is 422 g/mol. The van der Waals surface area contributed by atoms with Crippen LogP contribution in [0.3, 0.4) is 0 Å². The molecule has 2 aromatic carbocycles. The molecule has 5 rings (SSSR count). The van der Waals surface area contributed by atoms with Gasteiger partial charge < -0.3 is 30.3 Å². The van der Waals surface area contributed by atoms with Crippen LogP contribution in [-0.4, -0.2) is 49.4 Å². The van der Waals surface area contributed by atoms with Crippen LogP contribution in [0.15, 0.2) is 48.8 Å². The van der Waals surface area contributed by atoms with Gasteiger partial charge in [0.25, 0.3) is 0 Å². The molecule has 0 bridgehead atoms. The second-order valence-electron chi connectivity index (χ2n) is 7.37. The average Bonchev–Trinajstić information content (AvgIpc) is 2.81. The van der Waals surface area contributed by atoms with Gasteiger partial charge in [-0.05, 0) is 24.3 Å². The van der Waals surface area contributed by atoms with Gasteiger partial charge in [0.1, 0.15) is 31.0 Å². The third-order valence-electron chi connectivity index (χ3n) is 5.44. The van der Waals surface area contributed by atoms with Gasteiger partial charge >= 0.3 is 0 Å². The minimum absolute atomic E-state index is 0.205. The number of nitrogens with one attached hydrogen (secondary N) is 1. The Balaban J connectivity index is 1.31. The van der Waals surface area contributed by atoms with E-state index in [1.807, 2.05) is 29.2 Å². The lowest BCUT2D eigenvalue weighted by Crippen LogP contribution is -2.47. The van der Waals surface area contributed by atoms with E-state index in [-0.39, 0.29) is 5.82 Å². The topological polar surface area (TPSA) is 88.8 Å². The van der Waals surface area contributed by atoms with Crippen LogP contribution in [0, 0.1) is 5.82 Å². The highest BCUT2D eigenvalue weighted by molar-refractivity contribution is 5.79. The first-order valence-electron chi connectivity index (χ1n) is 10.2. The number of aromatic nitrogens is 2. The van der Waals surface area contributed by atoms with E-state index in [9.17, 15) is 4.39 Å². The average molecular weight is 422 g/mol. The van der Waals surface area contributed by atoms with E-state index < -0.39 is 0 Å². The predicted octanol–water partition coefficient (Wildman–Crippen LogP) is 3.04. The van der Waals surface area contributed by atoms with Crippen LogP contribution in [-0.2, 0) is 0 Å². The molecule has 1 saturated heterocycles. The number of nitrogens with two attached hydrogens (primary N) is 1. The first kappa shape index (κ1) is 19.2. The SMILES string of the molecule is Nc1c(Nc2ccc3c(c2)OCCO3)ncnc1N1CCN(c2ccccc2F)CC1. The molecule has 3 N–H and O–H groups in total. The van der Waals surface area contributed by atoms with Crippen molar-refractivity contribution in [1.29, 1.82) is 0 Å². The zero-order valence-corrected chi connectivity index (χ0v) is 16.9. The summed E-state index contributed by atoms with van der Waals surface area (Å²) >= 11 is 0. The minimum atomic E-state index is -0.205. The van der Waals surface area contributed by atoms with Crippen molar-refractivity contribution in [3.63, 3.8) is 0 Å². The van der Waals surface area contributed by atoms with E-state index in [2.05, 4.69) is 20.2 Å². The summed E-state index contributed by atoms with van der Waals surface area (Å²) in [5.74, 6) is 2.40. The van der Waals surface area contributed by atoms with Gasteiger partial charge in [-0.1, -0.05) is 12.1 Å². The van der Waals surface area contributed by atoms with E-state index in [1.165, 1.54) is 12.4 Å². The number of anilines is 5. The van der Waals surface area contributed by atoms with Crippen LogP contribution in [0.2, 0.25) is 0 Å². The minimum Gasteiger partial charge on any atom is -0.486 e.